The molecule has 0 spiro atoms. The first-order chi connectivity index (χ1) is 9.78. The molecular weight excluding hydrogens is 254 g/mol. The van der Waals surface area contributed by atoms with Crippen molar-refractivity contribution in [2.45, 2.75) is 6.54 Å². The highest BCUT2D eigenvalue weighted by Crippen LogP contribution is 2.09. The van der Waals surface area contributed by atoms with Crippen molar-refractivity contribution in [2.75, 3.05) is 5.43 Å². The Kier molecular flexibility index (Phi) is 3.14. The standard InChI is InChI=1S/C14H13N5O/c15-18-11-5-6-16-12(7-11)9-19-14(20)13-4-2-1-3-10(13)8-17-19/h1-8H,9,15H2,(H,16,18). The van der Waals surface area contributed by atoms with Crippen LogP contribution in [-0.4, -0.2) is 14.8 Å². The molecular formula is C14H13N5O. The number of hydrogen-bond acceptors (Lipinski definition) is 5. The van der Waals surface area contributed by atoms with E-state index in [0.29, 0.717) is 17.6 Å². The lowest BCUT2D eigenvalue weighted by Gasteiger charge is -2.06. The van der Waals surface area contributed by atoms with Crippen molar-refractivity contribution >= 4 is 16.5 Å². The van der Waals surface area contributed by atoms with E-state index in [0.717, 1.165) is 11.1 Å². The molecule has 0 aliphatic heterocycles. The van der Waals surface area contributed by atoms with E-state index in [2.05, 4.69) is 15.5 Å². The van der Waals surface area contributed by atoms with E-state index >= 15 is 0 Å². The summed E-state index contributed by atoms with van der Waals surface area (Å²) in [4.78, 5) is 16.5. The minimum Gasteiger partial charge on any atom is -0.324 e. The molecule has 0 amide bonds. The molecule has 2 heterocycles. The Morgan fingerprint density at radius 2 is 2.10 bits per heavy atom. The van der Waals surface area contributed by atoms with Gasteiger partial charge in [0.2, 0.25) is 0 Å². The molecule has 3 rings (SSSR count). The van der Waals surface area contributed by atoms with E-state index in [1.165, 1.54) is 4.68 Å². The Labute approximate surface area is 114 Å². The van der Waals surface area contributed by atoms with Gasteiger partial charge >= 0.3 is 0 Å². The highest BCUT2D eigenvalue weighted by Gasteiger charge is 2.05. The average Bonchev–Trinajstić information content (AvgIpc) is 2.50. The number of nitrogens with zero attached hydrogens (tertiary/aromatic N) is 3. The quantitative estimate of drug-likeness (QED) is 0.548. The second kappa shape index (κ2) is 5.10. The van der Waals surface area contributed by atoms with Gasteiger partial charge in [-0.2, -0.15) is 5.10 Å². The summed E-state index contributed by atoms with van der Waals surface area (Å²) in [7, 11) is 0. The highest BCUT2D eigenvalue weighted by molar-refractivity contribution is 5.80. The zero-order valence-electron chi connectivity index (χ0n) is 10.7. The van der Waals surface area contributed by atoms with Gasteiger partial charge in [-0.25, -0.2) is 4.68 Å². The summed E-state index contributed by atoms with van der Waals surface area (Å²) in [6.45, 7) is 0.305. The molecule has 6 heteroatoms. The van der Waals surface area contributed by atoms with E-state index < -0.39 is 0 Å². The van der Waals surface area contributed by atoms with Gasteiger partial charge in [-0.3, -0.25) is 15.6 Å². The molecule has 1 aromatic carbocycles. The Morgan fingerprint density at radius 1 is 1.25 bits per heavy atom. The number of fused-ring (bicyclic) bond motifs is 1. The SMILES string of the molecule is NNc1ccnc(Cn2ncc3ccccc3c2=O)c1. The first-order valence-electron chi connectivity index (χ1n) is 6.14. The van der Waals surface area contributed by atoms with Crippen LogP contribution in [0.15, 0.2) is 53.6 Å². The van der Waals surface area contributed by atoms with Gasteiger partial charge in [0.15, 0.2) is 0 Å². The third kappa shape index (κ3) is 2.24. The number of hydrogen-bond donors (Lipinski definition) is 2. The third-order valence-electron chi connectivity index (χ3n) is 3.06. The Bertz CT molecular complexity index is 812. The summed E-state index contributed by atoms with van der Waals surface area (Å²) < 4.78 is 1.39. The zero-order chi connectivity index (χ0) is 13.9. The van der Waals surface area contributed by atoms with Crippen LogP contribution in [0.1, 0.15) is 5.69 Å². The van der Waals surface area contributed by atoms with Gasteiger partial charge in [0.1, 0.15) is 0 Å². The predicted molar refractivity (Wildman–Crippen MR) is 77.2 cm³/mol. The molecule has 0 saturated heterocycles. The second-order valence-corrected chi connectivity index (χ2v) is 4.37. The summed E-state index contributed by atoms with van der Waals surface area (Å²) in [5.74, 6) is 5.35. The number of nitrogen functional groups attached to an aromatic ring is 1. The summed E-state index contributed by atoms with van der Waals surface area (Å²) >= 11 is 0. The molecule has 0 fully saturated rings. The topological polar surface area (TPSA) is 85.8 Å². The van der Waals surface area contributed by atoms with Gasteiger partial charge in [0.25, 0.3) is 5.56 Å². The molecule has 0 bridgehead atoms. The first kappa shape index (κ1) is 12.3. The molecule has 6 nitrogen and oxygen atoms in total. The molecule has 0 saturated carbocycles. The molecule has 0 radical (unpaired) electrons. The van der Waals surface area contributed by atoms with E-state index in [4.69, 9.17) is 5.84 Å². The highest BCUT2D eigenvalue weighted by atomic mass is 16.1. The minimum atomic E-state index is -0.129. The van der Waals surface area contributed by atoms with Crippen molar-refractivity contribution in [1.82, 2.24) is 14.8 Å². The number of rotatable bonds is 3. The van der Waals surface area contributed by atoms with E-state index in [1.807, 2.05) is 18.2 Å². The summed E-state index contributed by atoms with van der Waals surface area (Å²) in [5.41, 5.74) is 3.87. The fraction of sp³-hybridized carbons (Fsp3) is 0.0714. The summed E-state index contributed by atoms with van der Waals surface area (Å²) in [6.07, 6.45) is 3.32. The molecule has 0 aliphatic carbocycles. The zero-order valence-corrected chi connectivity index (χ0v) is 10.7. The Balaban J connectivity index is 2.02. The molecule has 3 aromatic rings. The van der Waals surface area contributed by atoms with Gasteiger partial charge < -0.3 is 5.43 Å². The monoisotopic (exact) mass is 267 g/mol. The lowest BCUT2D eigenvalue weighted by Crippen LogP contribution is -2.23. The normalized spacial score (nSPS) is 10.7. The predicted octanol–water partition coefficient (Wildman–Crippen LogP) is 1.13. The lowest BCUT2D eigenvalue weighted by atomic mass is 10.2. The molecule has 0 aliphatic rings. The van der Waals surface area contributed by atoms with Gasteiger partial charge in [-0.05, 0) is 18.2 Å². The maximum Gasteiger partial charge on any atom is 0.274 e. The molecule has 20 heavy (non-hydrogen) atoms. The molecule has 100 valence electrons. The van der Waals surface area contributed by atoms with Gasteiger partial charge in [0.05, 0.1) is 29.5 Å². The fourth-order valence-electron chi connectivity index (χ4n) is 2.05. The van der Waals surface area contributed by atoms with Gasteiger partial charge in [-0.1, -0.05) is 18.2 Å². The van der Waals surface area contributed by atoms with Gasteiger partial charge in [-0.15, -0.1) is 0 Å². The van der Waals surface area contributed by atoms with E-state index in [9.17, 15) is 4.79 Å². The van der Waals surface area contributed by atoms with Crippen LogP contribution in [0.5, 0.6) is 0 Å². The van der Waals surface area contributed by atoms with Crippen molar-refractivity contribution in [3.63, 3.8) is 0 Å². The van der Waals surface area contributed by atoms with Crippen LogP contribution in [0.4, 0.5) is 5.69 Å². The van der Waals surface area contributed by atoms with Crippen molar-refractivity contribution in [2.24, 2.45) is 5.84 Å². The molecule has 2 aromatic heterocycles. The Hall–Kier alpha value is -2.73. The maximum atomic E-state index is 12.3. The smallest absolute Gasteiger partial charge is 0.274 e. The summed E-state index contributed by atoms with van der Waals surface area (Å²) in [6, 6.07) is 10.9. The number of aromatic nitrogens is 3. The maximum absolute atomic E-state index is 12.3. The number of anilines is 1. The van der Waals surface area contributed by atoms with Crippen LogP contribution in [0.25, 0.3) is 10.8 Å². The number of hydrazine groups is 1. The van der Waals surface area contributed by atoms with E-state index in [1.54, 1.807) is 30.6 Å². The van der Waals surface area contributed by atoms with Crippen molar-refractivity contribution in [1.29, 1.82) is 0 Å². The van der Waals surface area contributed by atoms with Gasteiger partial charge in [0, 0.05) is 11.6 Å². The number of benzene rings is 1. The van der Waals surface area contributed by atoms with Crippen molar-refractivity contribution in [3.05, 3.63) is 64.8 Å². The lowest BCUT2D eigenvalue weighted by molar-refractivity contribution is 0.636. The third-order valence-corrected chi connectivity index (χ3v) is 3.06. The Morgan fingerprint density at radius 3 is 2.95 bits per heavy atom. The van der Waals surface area contributed by atoms with Crippen LogP contribution >= 0.6 is 0 Å². The number of nitrogens with two attached hydrogens (primary N) is 1. The first-order valence-corrected chi connectivity index (χ1v) is 6.14. The minimum absolute atomic E-state index is 0.129. The molecule has 3 N–H and O–H groups in total. The van der Waals surface area contributed by atoms with Crippen LogP contribution in [0.3, 0.4) is 0 Å². The fourth-order valence-corrected chi connectivity index (χ4v) is 2.05. The molecule has 0 unspecified atom stereocenters. The van der Waals surface area contributed by atoms with Crippen LogP contribution in [-0.2, 0) is 6.54 Å². The largest absolute Gasteiger partial charge is 0.324 e. The number of nitrogens with one attached hydrogen (secondary N) is 1. The van der Waals surface area contributed by atoms with Crippen LogP contribution in [0, 0.1) is 0 Å². The molecule has 0 atom stereocenters. The average molecular weight is 267 g/mol. The second-order valence-electron chi connectivity index (χ2n) is 4.37. The van der Waals surface area contributed by atoms with Crippen molar-refractivity contribution in [3.8, 4) is 0 Å². The van der Waals surface area contributed by atoms with Crippen molar-refractivity contribution < 1.29 is 0 Å². The van der Waals surface area contributed by atoms with Crippen LogP contribution in [0.2, 0.25) is 0 Å². The van der Waals surface area contributed by atoms with E-state index in [-0.39, 0.29) is 5.56 Å². The number of pyridine rings is 1. The summed E-state index contributed by atoms with van der Waals surface area (Å²) in [5, 5.41) is 5.65. The van der Waals surface area contributed by atoms with Crippen LogP contribution < -0.4 is 16.8 Å².